The predicted octanol–water partition coefficient (Wildman–Crippen LogP) is 2.58. The van der Waals surface area contributed by atoms with Crippen molar-refractivity contribution in [3.05, 3.63) is 58.4 Å². The molecule has 0 fully saturated rings. The highest BCUT2D eigenvalue weighted by Crippen LogP contribution is 2.23. The molecule has 0 aliphatic rings. The second kappa shape index (κ2) is 8.98. The molecule has 1 heterocycles. The van der Waals surface area contributed by atoms with Crippen LogP contribution in [0.1, 0.15) is 57.6 Å². The minimum Gasteiger partial charge on any atom is -0.443 e. The van der Waals surface area contributed by atoms with Crippen LogP contribution in [0.4, 0.5) is 4.79 Å². The number of nitrogens with one attached hydrogen (secondary N) is 3. The van der Waals surface area contributed by atoms with Gasteiger partial charge in [0.1, 0.15) is 5.69 Å². The third-order valence-corrected chi connectivity index (χ3v) is 4.13. The molecule has 1 aromatic heterocycles. The van der Waals surface area contributed by atoms with Crippen molar-refractivity contribution in [1.82, 2.24) is 15.6 Å². The molecule has 1 unspecified atom stereocenters. The molecule has 0 bridgehead atoms. The Morgan fingerprint density at radius 2 is 1.75 bits per heavy atom. The number of imide groups is 1. The zero-order valence-corrected chi connectivity index (χ0v) is 16.2. The molecule has 8 heteroatoms. The summed E-state index contributed by atoms with van der Waals surface area (Å²) in [6.45, 7) is 6.76. The normalized spacial score (nSPS) is 11.4. The van der Waals surface area contributed by atoms with Gasteiger partial charge in [0.2, 0.25) is 6.10 Å². The number of Topliss-reactive ketones (excluding diaryl/α,β-unsaturated/α-hetero) is 1. The summed E-state index contributed by atoms with van der Waals surface area (Å²) in [5.41, 5.74) is 1.90. The number of ketones is 1. The van der Waals surface area contributed by atoms with Gasteiger partial charge in [-0.15, -0.1) is 0 Å². The summed E-state index contributed by atoms with van der Waals surface area (Å²) in [7, 11) is 0. The van der Waals surface area contributed by atoms with Crippen LogP contribution in [0, 0.1) is 13.8 Å². The Hall–Kier alpha value is -3.42. The van der Waals surface area contributed by atoms with Crippen LogP contribution in [-0.2, 0) is 9.53 Å². The number of hydrogen-bond acceptors (Lipinski definition) is 5. The van der Waals surface area contributed by atoms with Crippen molar-refractivity contribution in [3.8, 4) is 0 Å². The maximum absolute atomic E-state index is 12.7. The van der Waals surface area contributed by atoms with Gasteiger partial charge in [0, 0.05) is 23.4 Å². The molecule has 3 N–H and O–H groups in total. The van der Waals surface area contributed by atoms with E-state index in [1.807, 2.05) is 0 Å². The van der Waals surface area contributed by atoms with E-state index < -0.39 is 24.0 Å². The van der Waals surface area contributed by atoms with Crippen molar-refractivity contribution in [1.29, 1.82) is 0 Å². The van der Waals surface area contributed by atoms with E-state index in [1.165, 1.54) is 6.92 Å². The number of urea groups is 1. The Morgan fingerprint density at radius 3 is 2.29 bits per heavy atom. The number of hydrogen-bond donors (Lipinski definition) is 3. The molecular weight excluding hydrogens is 362 g/mol. The van der Waals surface area contributed by atoms with Crippen LogP contribution in [0.15, 0.2) is 30.3 Å². The van der Waals surface area contributed by atoms with Gasteiger partial charge in [0.05, 0.1) is 0 Å². The van der Waals surface area contributed by atoms with E-state index in [1.54, 1.807) is 51.1 Å². The second-order valence-corrected chi connectivity index (χ2v) is 6.23. The van der Waals surface area contributed by atoms with Crippen LogP contribution in [0.2, 0.25) is 0 Å². The van der Waals surface area contributed by atoms with E-state index in [2.05, 4.69) is 15.6 Å². The summed E-state index contributed by atoms with van der Waals surface area (Å²) in [5.74, 6) is -1.76. The molecule has 8 nitrogen and oxygen atoms in total. The maximum atomic E-state index is 12.7. The van der Waals surface area contributed by atoms with Gasteiger partial charge >= 0.3 is 12.0 Å². The summed E-state index contributed by atoms with van der Waals surface area (Å²) >= 11 is 0. The summed E-state index contributed by atoms with van der Waals surface area (Å²) < 4.78 is 5.42. The fourth-order valence-electron chi connectivity index (χ4n) is 2.93. The van der Waals surface area contributed by atoms with Crippen molar-refractivity contribution in [3.63, 3.8) is 0 Å². The summed E-state index contributed by atoms with van der Waals surface area (Å²) in [5, 5.41) is 4.60. The number of aromatic amines is 1. The third kappa shape index (κ3) is 4.64. The summed E-state index contributed by atoms with van der Waals surface area (Å²) in [4.78, 5) is 51.6. The quantitative estimate of drug-likeness (QED) is 0.522. The molecular formula is C20H23N3O5. The first-order valence-corrected chi connectivity index (χ1v) is 8.81. The Bertz CT molecular complexity index is 902. The Morgan fingerprint density at radius 1 is 1.11 bits per heavy atom. The van der Waals surface area contributed by atoms with Crippen molar-refractivity contribution in [2.45, 2.75) is 33.8 Å². The predicted molar refractivity (Wildman–Crippen MR) is 102 cm³/mol. The average molecular weight is 385 g/mol. The number of aryl methyl sites for hydroxylation is 1. The molecule has 0 aliphatic carbocycles. The molecule has 0 spiro atoms. The van der Waals surface area contributed by atoms with Crippen molar-refractivity contribution < 1.29 is 23.9 Å². The van der Waals surface area contributed by atoms with Gasteiger partial charge in [-0.3, -0.25) is 14.9 Å². The monoisotopic (exact) mass is 385 g/mol. The highest BCUT2D eigenvalue weighted by atomic mass is 16.5. The number of ether oxygens (including phenoxy) is 1. The third-order valence-electron chi connectivity index (χ3n) is 4.13. The van der Waals surface area contributed by atoms with Crippen LogP contribution < -0.4 is 10.6 Å². The topological polar surface area (TPSA) is 117 Å². The smallest absolute Gasteiger partial charge is 0.356 e. The van der Waals surface area contributed by atoms with E-state index >= 15 is 0 Å². The van der Waals surface area contributed by atoms with Crippen molar-refractivity contribution >= 4 is 23.7 Å². The number of esters is 1. The van der Waals surface area contributed by atoms with Gasteiger partial charge in [-0.25, -0.2) is 9.59 Å². The number of rotatable bonds is 6. The number of carbonyl (C=O) groups excluding carboxylic acids is 4. The Labute approximate surface area is 162 Å². The lowest BCUT2D eigenvalue weighted by Crippen LogP contribution is -2.42. The van der Waals surface area contributed by atoms with Crippen molar-refractivity contribution in [2.24, 2.45) is 0 Å². The lowest BCUT2D eigenvalue weighted by molar-refractivity contribution is -0.129. The molecule has 148 valence electrons. The van der Waals surface area contributed by atoms with Crippen LogP contribution >= 0.6 is 0 Å². The standard InChI is InChI=1S/C20H23N3O5/c1-5-21-20(27)23-18(25)17(14-9-7-6-8-10-14)28-19(26)16-11(2)15(13(4)24)12(3)22-16/h6-10,17,22H,5H2,1-4H3,(H2,21,23,25,27). The Kier molecular flexibility index (Phi) is 6.70. The number of H-pyrrole nitrogens is 1. The van der Waals surface area contributed by atoms with E-state index in [-0.39, 0.29) is 11.5 Å². The number of amides is 3. The molecule has 2 aromatic rings. The number of benzene rings is 1. The minimum absolute atomic E-state index is 0.0921. The summed E-state index contributed by atoms with van der Waals surface area (Å²) in [6, 6.07) is 7.67. The molecule has 1 aromatic carbocycles. The van der Waals surface area contributed by atoms with E-state index in [9.17, 15) is 19.2 Å². The zero-order chi connectivity index (χ0) is 20.8. The van der Waals surface area contributed by atoms with Crippen molar-refractivity contribution in [2.75, 3.05) is 6.54 Å². The summed E-state index contributed by atoms with van der Waals surface area (Å²) in [6.07, 6.45) is -1.33. The maximum Gasteiger partial charge on any atom is 0.356 e. The fourth-order valence-corrected chi connectivity index (χ4v) is 2.93. The van der Waals surface area contributed by atoms with Gasteiger partial charge in [-0.2, -0.15) is 0 Å². The first-order chi connectivity index (χ1) is 13.3. The molecule has 2 rings (SSSR count). The van der Waals surface area contributed by atoms with E-state index in [0.717, 1.165) is 0 Å². The van der Waals surface area contributed by atoms with Crippen LogP contribution in [-0.4, -0.2) is 35.2 Å². The zero-order valence-electron chi connectivity index (χ0n) is 16.2. The molecule has 0 radical (unpaired) electrons. The second-order valence-electron chi connectivity index (χ2n) is 6.23. The van der Waals surface area contributed by atoms with E-state index in [0.29, 0.717) is 28.9 Å². The Balaban J connectivity index is 2.31. The molecule has 0 saturated carbocycles. The van der Waals surface area contributed by atoms with Crippen LogP contribution in [0.25, 0.3) is 0 Å². The minimum atomic E-state index is -1.33. The van der Waals surface area contributed by atoms with Gasteiger partial charge < -0.3 is 15.0 Å². The average Bonchev–Trinajstić information content (AvgIpc) is 2.94. The lowest BCUT2D eigenvalue weighted by atomic mass is 10.1. The largest absolute Gasteiger partial charge is 0.443 e. The molecule has 0 saturated heterocycles. The van der Waals surface area contributed by atoms with Crippen LogP contribution in [0.5, 0.6) is 0 Å². The molecule has 3 amide bonds. The fraction of sp³-hybridized carbons (Fsp3) is 0.300. The highest BCUT2D eigenvalue weighted by Gasteiger charge is 2.29. The SMILES string of the molecule is CCNC(=O)NC(=O)C(OC(=O)c1[nH]c(C)c(C(C)=O)c1C)c1ccccc1. The van der Waals surface area contributed by atoms with Gasteiger partial charge in [-0.05, 0) is 33.3 Å². The molecule has 1 atom stereocenters. The van der Waals surface area contributed by atoms with Gasteiger partial charge in [0.15, 0.2) is 5.78 Å². The molecule has 0 aliphatic heterocycles. The van der Waals surface area contributed by atoms with E-state index in [4.69, 9.17) is 4.74 Å². The lowest BCUT2D eigenvalue weighted by Gasteiger charge is -2.17. The number of aromatic nitrogens is 1. The first-order valence-electron chi connectivity index (χ1n) is 8.81. The molecule has 28 heavy (non-hydrogen) atoms. The number of carbonyl (C=O) groups is 4. The first kappa shape index (κ1) is 20.9. The van der Waals surface area contributed by atoms with Gasteiger partial charge in [-0.1, -0.05) is 30.3 Å². The van der Waals surface area contributed by atoms with Gasteiger partial charge in [0.25, 0.3) is 5.91 Å². The van der Waals surface area contributed by atoms with Crippen LogP contribution in [0.3, 0.4) is 0 Å². The highest BCUT2D eigenvalue weighted by molar-refractivity contribution is 6.02.